The van der Waals surface area contributed by atoms with E-state index in [2.05, 4.69) is 10.6 Å². The van der Waals surface area contributed by atoms with E-state index in [0.29, 0.717) is 48.0 Å². The van der Waals surface area contributed by atoms with Gasteiger partial charge in [-0.15, -0.1) is 0 Å². The lowest BCUT2D eigenvalue weighted by atomic mass is 10.0. The summed E-state index contributed by atoms with van der Waals surface area (Å²) in [6.45, 7) is 5.37. The lowest BCUT2D eigenvalue weighted by Gasteiger charge is -2.33. The third kappa shape index (κ3) is 6.09. The highest BCUT2D eigenvalue weighted by Crippen LogP contribution is 2.19. The van der Waals surface area contributed by atoms with Gasteiger partial charge in [0.25, 0.3) is 11.8 Å². The molecule has 1 fully saturated rings. The van der Waals surface area contributed by atoms with E-state index in [0.717, 1.165) is 12.8 Å². The molecule has 2 N–H and O–H groups in total. The number of nitrogens with one attached hydrogen (secondary N) is 2. The van der Waals surface area contributed by atoms with Gasteiger partial charge in [0.05, 0.1) is 18.4 Å². The van der Waals surface area contributed by atoms with Crippen LogP contribution in [0, 0.1) is 5.92 Å². The summed E-state index contributed by atoms with van der Waals surface area (Å²) in [5, 5.41) is 5.89. The predicted octanol–water partition coefficient (Wildman–Crippen LogP) is 3.71. The molecule has 1 aliphatic heterocycles. The third-order valence-electron chi connectivity index (χ3n) is 5.54. The number of benzene rings is 2. The maximum Gasteiger partial charge on any atom is 0.255 e. The number of likely N-dealkylation sites (tertiary alicyclic amines) is 1. The van der Waals surface area contributed by atoms with E-state index < -0.39 is 0 Å². The number of para-hydroxylation sites is 1. The molecule has 1 aliphatic rings. The SMILES string of the molecule is COc1ccc(C(=O)Nc2ccccc2C(=O)NC2CCN(C(=O)CC(C)C)CC2)cc1. The van der Waals surface area contributed by atoms with Gasteiger partial charge in [-0.2, -0.15) is 0 Å². The summed E-state index contributed by atoms with van der Waals surface area (Å²) in [6, 6.07) is 13.7. The number of amides is 3. The molecule has 0 aromatic heterocycles. The number of ether oxygens (including phenoxy) is 1. The zero-order valence-corrected chi connectivity index (χ0v) is 18.9. The zero-order valence-electron chi connectivity index (χ0n) is 18.9. The normalized spacial score (nSPS) is 14.2. The number of carbonyl (C=O) groups is 3. The standard InChI is InChI=1S/C25H31N3O4/c1-17(2)16-23(29)28-14-12-19(13-15-28)26-25(31)21-6-4-5-7-22(21)27-24(30)18-8-10-20(32-3)11-9-18/h4-11,17,19H,12-16H2,1-3H3,(H,26,31)(H,27,30). The highest BCUT2D eigenvalue weighted by molar-refractivity contribution is 6.09. The topological polar surface area (TPSA) is 87.7 Å². The van der Waals surface area contributed by atoms with Crippen LogP contribution in [0.25, 0.3) is 0 Å². The number of rotatable bonds is 7. The Kier molecular flexibility index (Phi) is 7.87. The van der Waals surface area contributed by atoms with Gasteiger partial charge < -0.3 is 20.3 Å². The van der Waals surface area contributed by atoms with Crippen molar-refractivity contribution in [1.29, 1.82) is 0 Å². The van der Waals surface area contributed by atoms with Crippen molar-refractivity contribution in [2.24, 2.45) is 5.92 Å². The largest absolute Gasteiger partial charge is 0.497 e. The third-order valence-corrected chi connectivity index (χ3v) is 5.54. The second-order valence-corrected chi connectivity index (χ2v) is 8.45. The Hall–Kier alpha value is -3.35. The quantitative estimate of drug-likeness (QED) is 0.691. The number of nitrogens with zero attached hydrogens (tertiary/aromatic N) is 1. The molecule has 2 aromatic rings. The fourth-order valence-corrected chi connectivity index (χ4v) is 3.74. The number of methoxy groups -OCH3 is 1. The van der Waals surface area contributed by atoms with Gasteiger partial charge in [0.15, 0.2) is 0 Å². The van der Waals surface area contributed by atoms with Gasteiger partial charge >= 0.3 is 0 Å². The van der Waals surface area contributed by atoms with E-state index in [1.165, 1.54) is 0 Å². The minimum atomic E-state index is -0.301. The molecule has 0 radical (unpaired) electrons. The van der Waals surface area contributed by atoms with Gasteiger partial charge in [0.2, 0.25) is 5.91 Å². The molecule has 3 amide bonds. The van der Waals surface area contributed by atoms with Crippen LogP contribution >= 0.6 is 0 Å². The van der Waals surface area contributed by atoms with Crippen molar-refractivity contribution in [2.45, 2.75) is 39.2 Å². The van der Waals surface area contributed by atoms with Crippen LogP contribution in [0.4, 0.5) is 5.69 Å². The first-order chi connectivity index (χ1) is 15.4. The van der Waals surface area contributed by atoms with Crippen LogP contribution < -0.4 is 15.4 Å². The Labute approximate surface area is 189 Å². The Balaban J connectivity index is 1.59. The molecule has 0 aliphatic carbocycles. The fraction of sp³-hybridized carbons (Fsp3) is 0.400. The van der Waals surface area contributed by atoms with Gasteiger partial charge in [-0.1, -0.05) is 26.0 Å². The molecule has 32 heavy (non-hydrogen) atoms. The minimum Gasteiger partial charge on any atom is -0.497 e. The van der Waals surface area contributed by atoms with Gasteiger partial charge in [0.1, 0.15) is 5.75 Å². The summed E-state index contributed by atoms with van der Waals surface area (Å²) in [7, 11) is 1.57. The second-order valence-electron chi connectivity index (χ2n) is 8.45. The number of carbonyl (C=O) groups excluding carboxylic acids is 3. The molecule has 170 valence electrons. The van der Waals surface area contributed by atoms with Gasteiger partial charge in [-0.25, -0.2) is 0 Å². The molecule has 0 saturated carbocycles. The van der Waals surface area contributed by atoms with Crippen molar-refractivity contribution < 1.29 is 19.1 Å². The van der Waals surface area contributed by atoms with Crippen LogP contribution in [0.15, 0.2) is 48.5 Å². The van der Waals surface area contributed by atoms with Crippen LogP contribution in [0.3, 0.4) is 0 Å². The molecule has 1 heterocycles. The van der Waals surface area contributed by atoms with Gasteiger partial charge in [-0.3, -0.25) is 14.4 Å². The van der Waals surface area contributed by atoms with Crippen molar-refractivity contribution >= 4 is 23.4 Å². The predicted molar refractivity (Wildman–Crippen MR) is 124 cm³/mol. The summed E-state index contributed by atoms with van der Waals surface area (Å²) >= 11 is 0. The highest BCUT2D eigenvalue weighted by Gasteiger charge is 2.25. The van der Waals surface area contributed by atoms with Crippen LogP contribution in [0.5, 0.6) is 5.75 Å². The zero-order chi connectivity index (χ0) is 23.1. The average Bonchev–Trinajstić information content (AvgIpc) is 2.79. The summed E-state index contributed by atoms with van der Waals surface area (Å²) in [6.07, 6.45) is 1.99. The summed E-state index contributed by atoms with van der Waals surface area (Å²) < 4.78 is 5.12. The van der Waals surface area contributed by atoms with Crippen molar-refractivity contribution in [3.63, 3.8) is 0 Å². The number of anilines is 1. The van der Waals surface area contributed by atoms with E-state index in [9.17, 15) is 14.4 Å². The molecule has 3 rings (SSSR count). The van der Waals surface area contributed by atoms with Crippen molar-refractivity contribution in [3.8, 4) is 5.75 Å². The number of piperidine rings is 1. The monoisotopic (exact) mass is 437 g/mol. The highest BCUT2D eigenvalue weighted by atomic mass is 16.5. The van der Waals surface area contributed by atoms with Crippen molar-refractivity contribution in [3.05, 3.63) is 59.7 Å². The summed E-state index contributed by atoms with van der Waals surface area (Å²) in [5.74, 6) is 0.645. The first kappa shape index (κ1) is 23.3. The van der Waals surface area contributed by atoms with E-state index >= 15 is 0 Å². The molecule has 0 atom stereocenters. The van der Waals surface area contributed by atoms with Gasteiger partial charge in [0, 0.05) is 31.1 Å². The van der Waals surface area contributed by atoms with Crippen LogP contribution in [-0.4, -0.2) is 48.9 Å². The maximum absolute atomic E-state index is 12.9. The summed E-state index contributed by atoms with van der Waals surface area (Å²) in [4.78, 5) is 39.7. The Morgan fingerprint density at radius 2 is 1.66 bits per heavy atom. The van der Waals surface area contributed by atoms with Crippen molar-refractivity contribution in [1.82, 2.24) is 10.2 Å². The first-order valence-electron chi connectivity index (χ1n) is 11.0. The molecule has 7 nitrogen and oxygen atoms in total. The smallest absolute Gasteiger partial charge is 0.255 e. The molecule has 0 unspecified atom stereocenters. The number of hydrogen-bond acceptors (Lipinski definition) is 4. The Morgan fingerprint density at radius 3 is 2.28 bits per heavy atom. The fourth-order valence-electron chi connectivity index (χ4n) is 3.74. The second kappa shape index (κ2) is 10.8. The lowest BCUT2D eigenvalue weighted by molar-refractivity contribution is -0.133. The van der Waals surface area contributed by atoms with Crippen molar-refractivity contribution in [2.75, 3.05) is 25.5 Å². The molecular weight excluding hydrogens is 406 g/mol. The summed E-state index contributed by atoms with van der Waals surface area (Å²) in [5.41, 5.74) is 1.34. The first-order valence-corrected chi connectivity index (χ1v) is 11.0. The number of hydrogen-bond donors (Lipinski definition) is 2. The molecule has 0 spiro atoms. The van der Waals surface area contributed by atoms with Gasteiger partial charge in [-0.05, 0) is 55.2 Å². The molecule has 7 heteroatoms. The van der Waals surface area contributed by atoms with E-state index in [1.54, 1.807) is 55.6 Å². The van der Waals surface area contributed by atoms with E-state index in [1.807, 2.05) is 18.7 Å². The average molecular weight is 438 g/mol. The van der Waals surface area contributed by atoms with Crippen LogP contribution in [0.1, 0.15) is 53.8 Å². The molecule has 0 bridgehead atoms. The van der Waals surface area contributed by atoms with E-state index in [-0.39, 0.29) is 23.8 Å². The Morgan fingerprint density at radius 1 is 1.00 bits per heavy atom. The molecule has 1 saturated heterocycles. The Bertz CT molecular complexity index is 948. The van der Waals surface area contributed by atoms with Crippen LogP contribution in [-0.2, 0) is 4.79 Å². The van der Waals surface area contributed by atoms with E-state index in [4.69, 9.17) is 4.74 Å². The lowest BCUT2D eigenvalue weighted by Crippen LogP contribution is -2.46. The maximum atomic E-state index is 12.9. The molecular formula is C25H31N3O4. The van der Waals surface area contributed by atoms with Crippen LogP contribution in [0.2, 0.25) is 0 Å². The minimum absolute atomic E-state index is 0.00375. The molecule has 2 aromatic carbocycles.